The predicted molar refractivity (Wildman–Crippen MR) is 284 cm³/mol. The molecule has 1 fully saturated rings. The van der Waals surface area contributed by atoms with Crippen molar-refractivity contribution in [1.29, 1.82) is 0 Å². The van der Waals surface area contributed by atoms with Crippen LogP contribution in [0.25, 0.3) is 0 Å². The molecule has 1 aliphatic rings. The Labute approximate surface area is 444 Å². The van der Waals surface area contributed by atoms with E-state index in [-0.39, 0.29) is 6.42 Å². The number of unbranched alkanes of at least 4 members (excludes halogenated alkanes) is 22. The number of nitrogens with one attached hydrogen (secondary N) is 1. The van der Waals surface area contributed by atoms with Crippen molar-refractivity contribution in [1.82, 2.24) is 5.32 Å². The van der Waals surface area contributed by atoms with Crippen LogP contribution in [0.1, 0.15) is 229 Å². The van der Waals surface area contributed by atoms with Gasteiger partial charge < -0.3 is 43.2 Å². The number of carbonyl (C=O) groups is 7. The highest BCUT2D eigenvalue weighted by Crippen LogP contribution is 2.30. The van der Waals surface area contributed by atoms with Crippen molar-refractivity contribution in [2.75, 3.05) is 13.2 Å². The maximum atomic E-state index is 14.2. The summed E-state index contributed by atoms with van der Waals surface area (Å²) in [6.07, 6.45) is 29.1. The summed E-state index contributed by atoms with van der Waals surface area (Å²) in [5.41, 5.74) is 1.11. The average Bonchev–Trinajstić information content (AvgIpc) is 3.32. The second-order valence-corrected chi connectivity index (χ2v) is 19.7. The molecule has 74 heavy (non-hydrogen) atoms. The van der Waals surface area contributed by atoms with Crippen molar-refractivity contribution < 1.29 is 71.5 Å². The molecule has 0 aromatic rings. The van der Waals surface area contributed by atoms with E-state index >= 15 is 0 Å². The van der Waals surface area contributed by atoms with Crippen molar-refractivity contribution in [3.05, 3.63) is 36.0 Å². The van der Waals surface area contributed by atoms with Crippen LogP contribution < -0.4 is 5.32 Å². The van der Waals surface area contributed by atoms with Crippen LogP contribution in [0.2, 0.25) is 0 Å². The fourth-order valence-corrected chi connectivity index (χ4v) is 8.80. The Morgan fingerprint density at radius 2 is 1.00 bits per heavy atom. The van der Waals surface area contributed by atoms with Gasteiger partial charge in [0.25, 0.3) is 5.91 Å². The molecule has 1 rings (SSSR count). The standard InChI is InChI=1S/C58H97NO15/c1-10-12-14-16-18-19-20-21-22-23-24-25-26-27-29-31-35-40-52(70-46(6)62)57(66)59-50(51(69-45(5)61)39-36-32-34-38-43(3)37-33-30-28-17-15-13-11-2)41-68-58-56(73-49(9)65)55(72-48(8)64)54(71-47(7)63)53(74-58)42-67-44(4)60/h33,36-39,50-56,58H,10-32,34-35,40-42H2,1-9H3,(H,59,66)/b37-33+,39-36+,43-38+/t50-,51+,52+,53+,54+,55-,56+,58+/m0/s1. The smallest absolute Gasteiger partial charge is 0.303 e. The van der Waals surface area contributed by atoms with Gasteiger partial charge in [-0.05, 0) is 51.5 Å². The molecule has 0 bridgehead atoms. The van der Waals surface area contributed by atoms with Crippen LogP contribution in [0.3, 0.4) is 0 Å². The summed E-state index contributed by atoms with van der Waals surface area (Å²) in [6.45, 7) is 12.5. The van der Waals surface area contributed by atoms with Gasteiger partial charge in [-0.15, -0.1) is 0 Å². The highest BCUT2D eigenvalue weighted by Gasteiger charge is 2.53. The monoisotopic (exact) mass is 1050 g/mol. The molecule has 16 nitrogen and oxygen atoms in total. The lowest BCUT2D eigenvalue weighted by Gasteiger charge is -2.44. The molecule has 0 aromatic carbocycles. The van der Waals surface area contributed by atoms with E-state index < -0.39 is 104 Å². The van der Waals surface area contributed by atoms with Gasteiger partial charge in [-0.25, -0.2) is 0 Å². The molecule has 424 valence electrons. The first-order valence-corrected chi connectivity index (χ1v) is 28.1. The van der Waals surface area contributed by atoms with Crippen LogP contribution in [-0.2, 0) is 71.5 Å². The third-order valence-corrected chi connectivity index (χ3v) is 12.6. The molecule has 1 heterocycles. The quantitative estimate of drug-likeness (QED) is 0.0198. The molecule has 16 heteroatoms. The van der Waals surface area contributed by atoms with Crippen LogP contribution in [-0.4, -0.2) is 104 Å². The van der Waals surface area contributed by atoms with Crippen LogP contribution >= 0.6 is 0 Å². The Morgan fingerprint density at radius 1 is 0.514 bits per heavy atom. The number of amides is 1. The highest BCUT2D eigenvalue weighted by atomic mass is 16.7. The maximum absolute atomic E-state index is 14.2. The van der Waals surface area contributed by atoms with E-state index in [4.69, 9.17) is 37.9 Å². The Bertz CT molecular complexity index is 1690. The average molecular weight is 1050 g/mol. The summed E-state index contributed by atoms with van der Waals surface area (Å²) < 4.78 is 45.7. The number of carbonyl (C=O) groups excluding carboxylic acids is 7. The molecule has 1 saturated heterocycles. The summed E-state index contributed by atoms with van der Waals surface area (Å²) in [7, 11) is 0. The minimum absolute atomic E-state index is 0.240. The maximum Gasteiger partial charge on any atom is 0.303 e. The highest BCUT2D eigenvalue weighted by molar-refractivity contribution is 5.83. The van der Waals surface area contributed by atoms with Crippen LogP contribution in [0, 0.1) is 0 Å². The van der Waals surface area contributed by atoms with Gasteiger partial charge >= 0.3 is 35.8 Å². The summed E-state index contributed by atoms with van der Waals surface area (Å²) >= 11 is 0. The predicted octanol–water partition coefficient (Wildman–Crippen LogP) is 11.7. The lowest BCUT2D eigenvalue weighted by atomic mass is 9.98. The van der Waals surface area contributed by atoms with Gasteiger partial charge in [-0.3, -0.25) is 33.6 Å². The number of hydrogen-bond acceptors (Lipinski definition) is 15. The molecule has 1 amide bonds. The second-order valence-electron chi connectivity index (χ2n) is 19.7. The summed E-state index contributed by atoms with van der Waals surface area (Å²) in [6, 6.07) is -1.17. The Balaban J connectivity index is 3.31. The van der Waals surface area contributed by atoms with Crippen molar-refractivity contribution in [2.45, 2.75) is 278 Å². The molecule has 0 unspecified atom stereocenters. The Morgan fingerprint density at radius 3 is 1.50 bits per heavy atom. The molecule has 8 atom stereocenters. The largest absolute Gasteiger partial charge is 0.463 e. The first-order valence-electron chi connectivity index (χ1n) is 28.1. The third-order valence-electron chi connectivity index (χ3n) is 12.6. The lowest BCUT2D eigenvalue weighted by molar-refractivity contribution is -0.309. The van der Waals surface area contributed by atoms with E-state index in [1.807, 2.05) is 13.0 Å². The topological polar surface area (TPSA) is 205 Å². The fourth-order valence-electron chi connectivity index (χ4n) is 8.80. The Hall–Kier alpha value is -4.57. The van der Waals surface area contributed by atoms with E-state index in [0.29, 0.717) is 19.3 Å². The van der Waals surface area contributed by atoms with Gasteiger partial charge in [0.05, 0.1) is 12.6 Å². The zero-order valence-corrected chi connectivity index (χ0v) is 46.9. The van der Waals surface area contributed by atoms with Crippen molar-refractivity contribution in [2.24, 2.45) is 0 Å². The van der Waals surface area contributed by atoms with E-state index in [2.05, 4.69) is 37.4 Å². The molecule has 0 spiro atoms. The number of allylic oxidation sites excluding steroid dienone is 5. The molecule has 1 aliphatic heterocycles. The minimum atomic E-state index is -1.59. The van der Waals surface area contributed by atoms with Gasteiger partial charge in [-0.2, -0.15) is 0 Å². The van der Waals surface area contributed by atoms with Gasteiger partial charge in [-0.1, -0.05) is 172 Å². The van der Waals surface area contributed by atoms with Crippen LogP contribution in [0.5, 0.6) is 0 Å². The summed E-state index contributed by atoms with van der Waals surface area (Å²) in [5, 5.41) is 2.89. The van der Waals surface area contributed by atoms with Crippen LogP contribution in [0.4, 0.5) is 0 Å². The number of hydrogen-bond donors (Lipinski definition) is 1. The summed E-state index contributed by atoms with van der Waals surface area (Å²) in [4.78, 5) is 88.6. The number of rotatable bonds is 42. The van der Waals surface area contributed by atoms with Gasteiger partial charge in [0.15, 0.2) is 30.7 Å². The third kappa shape index (κ3) is 34.1. The Kier molecular flexibility index (Phi) is 38.9. The fraction of sp³-hybridized carbons (Fsp3) is 0.776. The molecule has 0 aliphatic carbocycles. The number of esters is 6. The van der Waals surface area contributed by atoms with Crippen LogP contribution in [0.15, 0.2) is 36.0 Å². The van der Waals surface area contributed by atoms with E-state index in [1.54, 1.807) is 6.08 Å². The summed E-state index contributed by atoms with van der Waals surface area (Å²) in [5.74, 6) is -5.11. The second kappa shape index (κ2) is 42.6. The van der Waals surface area contributed by atoms with Gasteiger partial charge in [0, 0.05) is 41.5 Å². The molecule has 0 radical (unpaired) electrons. The minimum Gasteiger partial charge on any atom is -0.463 e. The molecule has 0 aromatic heterocycles. The zero-order valence-electron chi connectivity index (χ0n) is 46.9. The molecular formula is C58H97NO15. The molecular weight excluding hydrogens is 951 g/mol. The lowest BCUT2D eigenvalue weighted by Crippen LogP contribution is -2.63. The van der Waals surface area contributed by atoms with Gasteiger partial charge in [0.2, 0.25) is 0 Å². The van der Waals surface area contributed by atoms with E-state index in [0.717, 1.165) is 71.8 Å². The van der Waals surface area contributed by atoms with Crippen molar-refractivity contribution in [3.8, 4) is 0 Å². The number of ether oxygens (including phenoxy) is 8. The first kappa shape index (κ1) is 67.4. The zero-order chi connectivity index (χ0) is 54.9. The first-order chi connectivity index (χ1) is 35.5. The molecule has 0 saturated carbocycles. The SMILES string of the molecule is CCCCCCC/C=C/C(C)=C/CC/C=C/[C@@H](OC(C)=O)[C@H](CO[C@@H]1O[C@H](COC(C)=O)[C@@H](OC(C)=O)[C@H](OC(C)=O)[C@H]1OC(C)=O)NC(=O)[C@@H](CCCCCCCCCCCCCCCCCCC)OC(C)=O. The van der Waals surface area contributed by atoms with E-state index in [1.165, 1.54) is 117 Å². The van der Waals surface area contributed by atoms with Gasteiger partial charge in [0.1, 0.15) is 18.8 Å². The molecule has 1 N–H and O–H groups in total. The normalized spacial score (nSPS) is 19.1. The van der Waals surface area contributed by atoms with Crippen molar-refractivity contribution >= 4 is 41.7 Å². The van der Waals surface area contributed by atoms with E-state index in [9.17, 15) is 33.6 Å². The van der Waals surface area contributed by atoms with Crippen molar-refractivity contribution in [3.63, 3.8) is 0 Å².